The smallest absolute Gasteiger partial charge is 1.00 e. The molecule has 0 aliphatic carbocycles. The summed E-state index contributed by atoms with van der Waals surface area (Å²) in [5.41, 5.74) is 0. The second-order valence-corrected chi connectivity index (χ2v) is 5.99. The van der Waals surface area contributed by atoms with E-state index in [4.69, 9.17) is 18.2 Å². The molecule has 0 saturated carbocycles. The second-order valence-electron chi connectivity index (χ2n) is 1.43. The van der Waals surface area contributed by atoms with Crippen molar-refractivity contribution in [3.05, 3.63) is 0 Å². The molecule has 0 bridgehead atoms. The Hall–Kier alpha value is 1.96. The van der Waals surface area contributed by atoms with Crippen LogP contribution < -0.4 is 59.1 Å². The molecule has 4 N–H and O–H groups in total. The fourth-order valence-corrected chi connectivity index (χ4v) is 0.632. The fourth-order valence-electron chi connectivity index (χ4n) is 0.0702. The first-order valence-electron chi connectivity index (χ1n) is 2.40. The number of rotatable bonds is 4. The topological polar surface area (TPSA) is 202 Å². The maximum atomic E-state index is 9.51. The Morgan fingerprint density at radius 3 is 1.00 bits per heavy atom. The van der Waals surface area contributed by atoms with Gasteiger partial charge in [-0.15, -0.1) is 0 Å². The van der Waals surface area contributed by atoms with Crippen LogP contribution in [0.1, 0.15) is 2.85 Å². The van der Waals surface area contributed by atoms with Crippen LogP contribution in [0.15, 0.2) is 0 Å². The van der Waals surface area contributed by atoms with Gasteiger partial charge in [0.05, 0.1) is 0 Å². The van der Waals surface area contributed by atoms with Crippen LogP contribution in [0.3, 0.4) is 0 Å². The van der Waals surface area contributed by atoms with Gasteiger partial charge in [-0.3, -0.25) is 18.2 Å². The molecule has 12 nitrogen and oxygen atoms in total. The molecule has 2 unspecified atom stereocenters. The molecule has 0 fully saturated rings. The van der Waals surface area contributed by atoms with Gasteiger partial charge in [0.25, 0.3) is 20.2 Å². The first-order valence-corrected chi connectivity index (χ1v) is 7.86. The van der Waals surface area contributed by atoms with E-state index in [2.05, 4.69) is 8.67 Å². The van der Waals surface area contributed by atoms with Crippen LogP contribution in [0.5, 0.6) is 0 Å². The largest absolute Gasteiger partial charge is 1.00 e. The molecule has 0 aromatic carbocycles. The number of hydrogen-bond acceptors (Lipinski definition) is 8. The van der Waals surface area contributed by atoms with Crippen molar-refractivity contribution >= 4 is 41.0 Å². The van der Waals surface area contributed by atoms with E-state index < -0.39 is 41.0 Å². The fraction of sp³-hybridized carbons (Fsp3) is 0. The molecular weight excluding hydrogens is 366 g/mol. The predicted molar refractivity (Wildman–Crippen MR) is 49.0 cm³/mol. The SMILES string of the molecule is O=S(=O)(O)OOS(=O)(=O)O.O=S(O)S(=O)O.[H-].[H-].[Na+].[Na+]. The Morgan fingerprint density at radius 1 is 0.778 bits per heavy atom. The molecule has 0 amide bonds. The summed E-state index contributed by atoms with van der Waals surface area (Å²) < 4.78 is 92.5. The molecule has 2 atom stereocenters. The zero-order chi connectivity index (χ0) is 13.6. The molecule has 0 aromatic heterocycles. The molecule has 18 heteroatoms. The molecular formula is H6Na2O12S4. The first kappa shape index (κ1) is 28.2. The Morgan fingerprint density at radius 2 is 0.944 bits per heavy atom. The summed E-state index contributed by atoms with van der Waals surface area (Å²) in [6.45, 7) is 0. The third-order valence-electron chi connectivity index (χ3n) is 0.322. The van der Waals surface area contributed by atoms with E-state index in [0.29, 0.717) is 0 Å². The molecule has 0 heterocycles. The molecule has 0 rings (SSSR count). The van der Waals surface area contributed by atoms with Crippen LogP contribution in [0.4, 0.5) is 0 Å². The van der Waals surface area contributed by atoms with E-state index in [9.17, 15) is 25.3 Å². The van der Waals surface area contributed by atoms with Crippen LogP contribution >= 0.6 is 0 Å². The third-order valence-corrected chi connectivity index (χ3v) is 1.86. The minimum Gasteiger partial charge on any atom is -1.00 e. The van der Waals surface area contributed by atoms with Crippen molar-refractivity contribution < 1.29 is 114 Å². The molecule has 104 valence electrons. The minimum atomic E-state index is -5.02. The monoisotopic (exact) mass is 372 g/mol. The van der Waals surface area contributed by atoms with Crippen molar-refractivity contribution in [2.24, 2.45) is 0 Å². The van der Waals surface area contributed by atoms with E-state index >= 15 is 0 Å². The number of hydrogen-bond donors (Lipinski definition) is 4. The summed E-state index contributed by atoms with van der Waals surface area (Å²) in [4.78, 5) is 0. The second kappa shape index (κ2) is 12.7. The van der Waals surface area contributed by atoms with Crippen molar-refractivity contribution in [2.45, 2.75) is 0 Å². The first-order chi connectivity index (χ1) is 6.85. The van der Waals surface area contributed by atoms with Crippen molar-refractivity contribution in [1.29, 1.82) is 0 Å². The Balaban J connectivity index is -0.0000000440. The van der Waals surface area contributed by atoms with Crippen molar-refractivity contribution in [3.8, 4) is 0 Å². The van der Waals surface area contributed by atoms with E-state index in [-0.39, 0.29) is 62.0 Å². The summed E-state index contributed by atoms with van der Waals surface area (Å²) in [5.74, 6) is 0. The predicted octanol–water partition coefficient (Wildman–Crippen LogP) is -7.88. The maximum absolute atomic E-state index is 9.51. The van der Waals surface area contributed by atoms with Crippen LogP contribution in [-0.2, 0) is 49.7 Å². The van der Waals surface area contributed by atoms with E-state index in [1.807, 2.05) is 0 Å². The quantitative estimate of drug-likeness (QED) is 0.0907. The molecule has 0 saturated heterocycles. The van der Waals surface area contributed by atoms with Gasteiger partial charge in [-0.1, -0.05) is 8.67 Å². The normalized spacial score (nSPS) is 14.0. The van der Waals surface area contributed by atoms with Gasteiger partial charge in [-0.05, 0) is 0 Å². The maximum Gasteiger partial charge on any atom is 1.00 e. The van der Waals surface area contributed by atoms with Gasteiger partial charge in [-0.2, -0.15) is 16.8 Å². The van der Waals surface area contributed by atoms with Gasteiger partial charge >= 0.3 is 79.9 Å². The van der Waals surface area contributed by atoms with Crippen molar-refractivity contribution in [3.63, 3.8) is 0 Å². The van der Waals surface area contributed by atoms with Crippen molar-refractivity contribution in [1.82, 2.24) is 0 Å². The summed E-state index contributed by atoms with van der Waals surface area (Å²) in [6.07, 6.45) is 0. The standard InChI is InChI=1S/2Na.H2O8S2.H2O4S2.2H/c;;1-9(2,3)7-8-10(4,5)6;1-5(2)6(3)4;;/h;;(H,1,2,3)(H,4,5,6);(H,1,2)(H,3,4);;/q2*+1;;;2*-1. The average molecular weight is 372 g/mol. The summed E-state index contributed by atoms with van der Waals surface area (Å²) in [5, 5.41) is 0. The van der Waals surface area contributed by atoms with Crippen LogP contribution in [0.2, 0.25) is 0 Å². The van der Waals surface area contributed by atoms with Gasteiger partial charge in [0.15, 0.2) is 0 Å². The molecule has 0 radical (unpaired) electrons. The summed E-state index contributed by atoms with van der Waals surface area (Å²) in [6, 6.07) is 0. The van der Waals surface area contributed by atoms with E-state index in [1.165, 1.54) is 0 Å². The van der Waals surface area contributed by atoms with Gasteiger partial charge in [0.1, 0.15) is 0 Å². The summed E-state index contributed by atoms with van der Waals surface area (Å²) in [7, 11) is -15.2. The van der Waals surface area contributed by atoms with Crippen LogP contribution in [0, 0.1) is 0 Å². The molecule has 0 aliphatic heterocycles. The molecule has 0 aromatic rings. The van der Waals surface area contributed by atoms with Crippen molar-refractivity contribution in [2.75, 3.05) is 0 Å². The van der Waals surface area contributed by atoms with E-state index in [1.54, 1.807) is 0 Å². The average Bonchev–Trinajstić information content (AvgIpc) is 1.99. The van der Waals surface area contributed by atoms with Crippen LogP contribution in [0.25, 0.3) is 0 Å². The molecule has 0 aliphatic rings. The summed E-state index contributed by atoms with van der Waals surface area (Å²) >= 11 is 0. The Labute approximate surface area is 153 Å². The molecule has 18 heavy (non-hydrogen) atoms. The van der Waals surface area contributed by atoms with Gasteiger partial charge < -0.3 is 2.85 Å². The molecule has 0 spiro atoms. The minimum absolute atomic E-state index is 0. The Kier molecular flexibility index (Phi) is 19.8. The Bertz CT molecular complexity index is 408. The van der Waals surface area contributed by atoms with Gasteiger partial charge in [0.2, 0.25) is 0 Å². The zero-order valence-electron chi connectivity index (χ0n) is 10.7. The van der Waals surface area contributed by atoms with E-state index in [0.717, 1.165) is 0 Å². The zero-order valence-corrected chi connectivity index (χ0v) is 16.0. The van der Waals surface area contributed by atoms with Gasteiger partial charge in [0, 0.05) is 0 Å². The van der Waals surface area contributed by atoms with Crippen LogP contribution in [-0.4, -0.2) is 43.5 Å². The third kappa shape index (κ3) is 30.8. The van der Waals surface area contributed by atoms with Gasteiger partial charge in [-0.25, -0.2) is 8.42 Å².